The second-order valence-corrected chi connectivity index (χ2v) is 9.06. The van der Waals surface area contributed by atoms with Crippen molar-refractivity contribution >= 4 is 28.5 Å². The van der Waals surface area contributed by atoms with Crippen molar-refractivity contribution in [1.82, 2.24) is 14.9 Å². The van der Waals surface area contributed by atoms with Crippen molar-refractivity contribution in [2.45, 2.75) is 63.6 Å². The van der Waals surface area contributed by atoms with Crippen LogP contribution in [0, 0.1) is 5.82 Å². The van der Waals surface area contributed by atoms with Gasteiger partial charge in [0.15, 0.2) is 0 Å². The van der Waals surface area contributed by atoms with Gasteiger partial charge in [0.05, 0.1) is 17.6 Å². The molecule has 0 spiro atoms. The van der Waals surface area contributed by atoms with Crippen molar-refractivity contribution in [2.75, 3.05) is 4.90 Å². The number of nitrogens with zero attached hydrogens (tertiary/aromatic N) is 3. The molecule has 1 aliphatic carbocycles. The molecule has 0 bridgehead atoms. The van der Waals surface area contributed by atoms with Gasteiger partial charge in [-0.3, -0.25) is 14.5 Å². The molecule has 0 saturated heterocycles. The lowest BCUT2D eigenvalue weighted by Crippen LogP contribution is -2.65. The SMILES string of the molecule is CC1(C(=O)NC2CCCCCC2)Cn2c(nc3ccccc32)C(=O)N1c1ccc(F)cc1. The highest BCUT2D eigenvalue weighted by Gasteiger charge is 2.49. The summed E-state index contributed by atoms with van der Waals surface area (Å²) in [6.45, 7) is 2.06. The van der Waals surface area contributed by atoms with Gasteiger partial charge in [0.1, 0.15) is 11.4 Å². The van der Waals surface area contributed by atoms with Crippen LogP contribution in [0.3, 0.4) is 0 Å². The monoisotopic (exact) mass is 434 g/mol. The highest BCUT2D eigenvalue weighted by Crippen LogP contribution is 2.35. The van der Waals surface area contributed by atoms with E-state index in [1.54, 1.807) is 19.1 Å². The number of amides is 2. The van der Waals surface area contributed by atoms with Crippen LogP contribution in [0.25, 0.3) is 11.0 Å². The average Bonchev–Trinajstić information content (AvgIpc) is 2.96. The van der Waals surface area contributed by atoms with Crippen molar-refractivity contribution in [2.24, 2.45) is 0 Å². The molecule has 1 saturated carbocycles. The molecule has 2 aromatic carbocycles. The third kappa shape index (κ3) is 3.45. The molecule has 5 rings (SSSR count). The number of aromatic nitrogens is 2. The molecule has 2 aliphatic rings. The predicted molar refractivity (Wildman–Crippen MR) is 121 cm³/mol. The van der Waals surface area contributed by atoms with Crippen LogP contribution in [0.1, 0.15) is 56.1 Å². The number of imidazole rings is 1. The van der Waals surface area contributed by atoms with Crippen LogP contribution in [0.5, 0.6) is 0 Å². The minimum Gasteiger partial charge on any atom is -0.351 e. The number of anilines is 1. The Hall–Kier alpha value is -3.22. The largest absolute Gasteiger partial charge is 0.351 e. The fourth-order valence-electron chi connectivity index (χ4n) is 5.03. The maximum atomic E-state index is 13.8. The zero-order valence-electron chi connectivity index (χ0n) is 18.2. The molecule has 1 aliphatic heterocycles. The fraction of sp³-hybridized carbons (Fsp3) is 0.400. The van der Waals surface area contributed by atoms with Crippen LogP contribution in [0.15, 0.2) is 48.5 Å². The van der Waals surface area contributed by atoms with E-state index in [0.717, 1.165) is 31.2 Å². The number of fused-ring (bicyclic) bond motifs is 3. The summed E-state index contributed by atoms with van der Waals surface area (Å²) in [5.74, 6) is -0.659. The lowest BCUT2D eigenvalue weighted by atomic mass is 9.93. The van der Waals surface area contributed by atoms with Gasteiger partial charge in [0, 0.05) is 11.7 Å². The molecule has 166 valence electrons. The normalized spacial score (nSPS) is 21.9. The summed E-state index contributed by atoms with van der Waals surface area (Å²) < 4.78 is 15.5. The molecule has 2 amide bonds. The first-order valence-corrected chi connectivity index (χ1v) is 11.3. The lowest BCUT2D eigenvalue weighted by molar-refractivity contribution is -0.127. The minimum atomic E-state index is -1.18. The quantitative estimate of drug-likeness (QED) is 0.620. The first kappa shape index (κ1) is 20.7. The zero-order chi connectivity index (χ0) is 22.3. The second kappa shape index (κ2) is 8.04. The number of para-hydroxylation sites is 2. The third-order valence-corrected chi connectivity index (χ3v) is 6.77. The molecular formula is C25H27FN4O2. The van der Waals surface area contributed by atoms with Gasteiger partial charge in [-0.1, -0.05) is 37.8 Å². The summed E-state index contributed by atoms with van der Waals surface area (Å²) in [5, 5.41) is 3.23. The summed E-state index contributed by atoms with van der Waals surface area (Å²) in [5.41, 5.74) is 0.831. The number of rotatable bonds is 3. The van der Waals surface area contributed by atoms with E-state index in [9.17, 15) is 14.0 Å². The number of carbonyl (C=O) groups is 2. The van der Waals surface area contributed by atoms with Gasteiger partial charge >= 0.3 is 0 Å². The van der Waals surface area contributed by atoms with Crippen molar-refractivity contribution < 1.29 is 14.0 Å². The number of nitrogens with one attached hydrogen (secondary N) is 1. The van der Waals surface area contributed by atoms with E-state index in [0.29, 0.717) is 11.2 Å². The number of hydrogen-bond donors (Lipinski definition) is 1. The van der Waals surface area contributed by atoms with Gasteiger partial charge in [0.2, 0.25) is 11.7 Å². The number of halogens is 1. The van der Waals surface area contributed by atoms with Gasteiger partial charge in [0.25, 0.3) is 5.91 Å². The van der Waals surface area contributed by atoms with Crippen molar-refractivity contribution in [3.05, 3.63) is 60.2 Å². The summed E-state index contributed by atoms with van der Waals surface area (Å²) in [4.78, 5) is 33.5. The summed E-state index contributed by atoms with van der Waals surface area (Å²) in [7, 11) is 0. The smallest absolute Gasteiger partial charge is 0.295 e. The van der Waals surface area contributed by atoms with E-state index in [1.165, 1.54) is 29.9 Å². The first-order chi connectivity index (χ1) is 15.5. The number of hydrogen-bond acceptors (Lipinski definition) is 3. The molecule has 2 heterocycles. The summed E-state index contributed by atoms with van der Waals surface area (Å²) >= 11 is 0. The van der Waals surface area contributed by atoms with Gasteiger partial charge < -0.3 is 9.88 Å². The van der Waals surface area contributed by atoms with Crippen molar-refractivity contribution in [3.63, 3.8) is 0 Å². The molecular weight excluding hydrogens is 407 g/mol. The van der Waals surface area contributed by atoms with Gasteiger partial charge in [-0.05, 0) is 56.2 Å². The van der Waals surface area contributed by atoms with Crippen LogP contribution in [0.4, 0.5) is 10.1 Å². The van der Waals surface area contributed by atoms with Gasteiger partial charge in [-0.2, -0.15) is 0 Å². The topological polar surface area (TPSA) is 67.2 Å². The molecule has 1 unspecified atom stereocenters. The second-order valence-electron chi connectivity index (χ2n) is 9.06. The first-order valence-electron chi connectivity index (χ1n) is 11.3. The maximum Gasteiger partial charge on any atom is 0.295 e. The summed E-state index contributed by atoms with van der Waals surface area (Å²) in [6, 6.07) is 13.4. The van der Waals surface area contributed by atoms with E-state index in [2.05, 4.69) is 10.3 Å². The predicted octanol–water partition coefficient (Wildman–Crippen LogP) is 4.43. The van der Waals surface area contributed by atoms with Crippen LogP contribution >= 0.6 is 0 Å². The summed E-state index contributed by atoms with van der Waals surface area (Å²) in [6.07, 6.45) is 6.47. The molecule has 1 atom stereocenters. The van der Waals surface area contributed by atoms with Crippen LogP contribution in [-0.2, 0) is 11.3 Å². The Kier molecular flexibility index (Phi) is 5.19. The van der Waals surface area contributed by atoms with E-state index in [4.69, 9.17) is 0 Å². The van der Waals surface area contributed by atoms with Gasteiger partial charge in [-0.25, -0.2) is 9.37 Å². The maximum absolute atomic E-state index is 13.8. The highest BCUT2D eigenvalue weighted by atomic mass is 19.1. The molecule has 1 fully saturated rings. The molecule has 0 radical (unpaired) electrons. The van der Waals surface area contributed by atoms with Crippen molar-refractivity contribution in [3.8, 4) is 0 Å². The van der Waals surface area contributed by atoms with Crippen molar-refractivity contribution in [1.29, 1.82) is 0 Å². The molecule has 1 N–H and O–H groups in total. The number of carbonyl (C=O) groups excluding carboxylic acids is 2. The van der Waals surface area contributed by atoms with Crippen LogP contribution in [-0.4, -0.2) is 32.9 Å². The Labute approximate surface area is 186 Å². The molecule has 1 aromatic heterocycles. The Bertz CT molecular complexity index is 1160. The minimum absolute atomic E-state index is 0.105. The van der Waals surface area contributed by atoms with Crippen LogP contribution in [0.2, 0.25) is 0 Å². The standard InChI is InChI=1S/C25H27FN4O2/c1-25(24(32)27-18-8-4-2-3-5-9-18)16-29-21-11-7-6-10-20(21)28-22(29)23(31)30(25)19-14-12-17(26)13-15-19/h6-7,10-15,18H,2-5,8-9,16H2,1H3,(H,27,32). The number of benzene rings is 2. The fourth-order valence-corrected chi connectivity index (χ4v) is 5.03. The highest BCUT2D eigenvalue weighted by molar-refractivity contribution is 6.12. The Morgan fingerprint density at radius 1 is 1.06 bits per heavy atom. The average molecular weight is 435 g/mol. The zero-order valence-corrected chi connectivity index (χ0v) is 18.2. The lowest BCUT2D eigenvalue weighted by Gasteiger charge is -2.44. The van der Waals surface area contributed by atoms with Gasteiger partial charge in [-0.15, -0.1) is 0 Å². The van der Waals surface area contributed by atoms with E-state index < -0.39 is 11.4 Å². The van der Waals surface area contributed by atoms with E-state index in [1.807, 2.05) is 28.8 Å². The van der Waals surface area contributed by atoms with Crippen LogP contribution < -0.4 is 10.2 Å². The Morgan fingerprint density at radius 2 is 1.75 bits per heavy atom. The third-order valence-electron chi connectivity index (χ3n) is 6.77. The molecule has 7 heteroatoms. The van der Waals surface area contributed by atoms with E-state index in [-0.39, 0.29) is 30.2 Å². The molecule has 32 heavy (non-hydrogen) atoms. The van der Waals surface area contributed by atoms with E-state index >= 15 is 0 Å². The Balaban J connectivity index is 1.59. The Morgan fingerprint density at radius 3 is 2.47 bits per heavy atom. The molecule has 6 nitrogen and oxygen atoms in total. The molecule has 3 aromatic rings.